The van der Waals surface area contributed by atoms with Gasteiger partial charge in [0.05, 0.1) is 6.61 Å². The van der Waals surface area contributed by atoms with Gasteiger partial charge in [-0.25, -0.2) is 0 Å². The summed E-state index contributed by atoms with van der Waals surface area (Å²) < 4.78 is 5.35. The number of rotatable bonds is 9. The second-order valence-corrected chi connectivity index (χ2v) is 4.33. The summed E-state index contributed by atoms with van der Waals surface area (Å²) in [4.78, 5) is 2.40. The molecule has 2 N–H and O–H groups in total. The Morgan fingerprint density at radius 3 is 2.33 bits per heavy atom. The molecule has 1 unspecified atom stereocenters. The van der Waals surface area contributed by atoms with Gasteiger partial charge in [-0.1, -0.05) is 20.8 Å². The molecule has 3 nitrogen and oxygen atoms in total. The zero-order valence-electron chi connectivity index (χ0n) is 10.8. The molecule has 0 saturated carbocycles. The van der Waals surface area contributed by atoms with Crippen LogP contribution in [0.25, 0.3) is 0 Å². The minimum Gasteiger partial charge on any atom is -0.380 e. The van der Waals surface area contributed by atoms with Crippen molar-refractivity contribution in [3.63, 3.8) is 0 Å². The van der Waals surface area contributed by atoms with E-state index >= 15 is 0 Å². The zero-order chi connectivity index (χ0) is 11.7. The second kappa shape index (κ2) is 9.13. The van der Waals surface area contributed by atoms with Crippen LogP contribution in [0, 0.1) is 5.92 Å². The lowest BCUT2D eigenvalue weighted by atomic mass is 10.0. The first kappa shape index (κ1) is 14.9. The van der Waals surface area contributed by atoms with E-state index in [1.54, 1.807) is 0 Å². The molecule has 0 aromatic rings. The first-order valence-electron chi connectivity index (χ1n) is 6.17. The Morgan fingerprint density at radius 2 is 1.87 bits per heavy atom. The Labute approximate surface area is 95.0 Å². The quantitative estimate of drug-likeness (QED) is 0.596. The molecule has 0 fully saturated rings. The Hall–Kier alpha value is -0.120. The maximum absolute atomic E-state index is 6.02. The number of nitrogens with zero attached hydrogens (tertiary/aromatic N) is 1. The molecule has 1 atom stereocenters. The normalized spacial score (nSPS) is 13.8. The van der Waals surface area contributed by atoms with Crippen LogP contribution >= 0.6 is 0 Å². The van der Waals surface area contributed by atoms with Crippen LogP contribution in [0.2, 0.25) is 0 Å². The second-order valence-electron chi connectivity index (χ2n) is 4.33. The van der Waals surface area contributed by atoms with Crippen molar-refractivity contribution in [3.05, 3.63) is 0 Å². The lowest BCUT2D eigenvalue weighted by Gasteiger charge is -2.23. The molecule has 0 bridgehead atoms. The van der Waals surface area contributed by atoms with Crippen molar-refractivity contribution in [1.82, 2.24) is 4.90 Å². The third-order valence-corrected chi connectivity index (χ3v) is 2.84. The minimum absolute atomic E-state index is 0.325. The molecule has 0 aliphatic rings. The first-order chi connectivity index (χ1) is 7.11. The SMILES string of the molecule is CCOCCN(CC)CCC(N)C(C)C. The van der Waals surface area contributed by atoms with E-state index in [2.05, 4.69) is 25.7 Å². The molecule has 0 radical (unpaired) electrons. The number of likely N-dealkylation sites (N-methyl/N-ethyl adjacent to an activating group) is 1. The lowest BCUT2D eigenvalue weighted by Crippen LogP contribution is -2.35. The van der Waals surface area contributed by atoms with Crippen molar-refractivity contribution in [2.75, 3.05) is 32.8 Å². The first-order valence-corrected chi connectivity index (χ1v) is 6.17. The fourth-order valence-corrected chi connectivity index (χ4v) is 1.43. The van der Waals surface area contributed by atoms with E-state index in [0.29, 0.717) is 12.0 Å². The molecular formula is C12H28N2O. The van der Waals surface area contributed by atoms with Gasteiger partial charge in [-0.15, -0.1) is 0 Å². The largest absolute Gasteiger partial charge is 0.380 e. The summed E-state index contributed by atoms with van der Waals surface area (Å²) in [6.45, 7) is 13.4. The molecule has 0 saturated heterocycles. The number of nitrogens with two attached hydrogens (primary N) is 1. The van der Waals surface area contributed by atoms with Crippen molar-refractivity contribution < 1.29 is 4.74 Å². The highest BCUT2D eigenvalue weighted by Gasteiger charge is 2.09. The maximum Gasteiger partial charge on any atom is 0.0593 e. The fraction of sp³-hybridized carbons (Fsp3) is 1.00. The smallest absolute Gasteiger partial charge is 0.0593 e. The predicted octanol–water partition coefficient (Wildman–Crippen LogP) is 1.72. The summed E-state index contributed by atoms with van der Waals surface area (Å²) in [5.41, 5.74) is 6.02. The molecule has 3 heteroatoms. The van der Waals surface area contributed by atoms with Crippen molar-refractivity contribution in [2.24, 2.45) is 11.7 Å². The number of hydrogen-bond acceptors (Lipinski definition) is 3. The Bertz CT molecular complexity index is 140. The van der Waals surface area contributed by atoms with Crippen LogP contribution < -0.4 is 5.73 Å². The van der Waals surface area contributed by atoms with Gasteiger partial charge < -0.3 is 15.4 Å². The molecule has 0 aromatic carbocycles. The highest BCUT2D eigenvalue weighted by molar-refractivity contribution is 4.68. The Kier molecular flexibility index (Phi) is 9.06. The van der Waals surface area contributed by atoms with E-state index in [1.807, 2.05) is 6.92 Å². The van der Waals surface area contributed by atoms with Crippen molar-refractivity contribution in [2.45, 2.75) is 40.2 Å². The molecule has 0 rings (SSSR count). The fourth-order valence-electron chi connectivity index (χ4n) is 1.43. The van der Waals surface area contributed by atoms with Gasteiger partial charge in [0.1, 0.15) is 0 Å². The van der Waals surface area contributed by atoms with Gasteiger partial charge >= 0.3 is 0 Å². The summed E-state index contributed by atoms with van der Waals surface area (Å²) in [6.07, 6.45) is 1.08. The third kappa shape index (κ3) is 7.77. The highest BCUT2D eigenvalue weighted by Crippen LogP contribution is 2.04. The Balaban J connectivity index is 3.60. The average molecular weight is 216 g/mol. The van der Waals surface area contributed by atoms with E-state index in [0.717, 1.165) is 39.3 Å². The monoisotopic (exact) mass is 216 g/mol. The van der Waals surface area contributed by atoms with E-state index in [1.165, 1.54) is 0 Å². The van der Waals surface area contributed by atoms with Gasteiger partial charge in [0.15, 0.2) is 0 Å². The molecule has 0 aliphatic heterocycles. The Morgan fingerprint density at radius 1 is 1.20 bits per heavy atom. The van der Waals surface area contributed by atoms with Crippen LogP contribution in [0.3, 0.4) is 0 Å². The molecule has 0 heterocycles. The van der Waals surface area contributed by atoms with Crippen LogP contribution in [0.4, 0.5) is 0 Å². The van der Waals surface area contributed by atoms with Crippen molar-refractivity contribution in [3.8, 4) is 0 Å². The van der Waals surface area contributed by atoms with Gasteiger partial charge in [0.25, 0.3) is 0 Å². The maximum atomic E-state index is 6.02. The summed E-state index contributed by atoms with van der Waals surface area (Å²) in [5.74, 6) is 0.579. The van der Waals surface area contributed by atoms with E-state index in [-0.39, 0.29) is 0 Å². The molecule has 92 valence electrons. The molecule has 15 heavy (non-hydrogen) atoms. The van der Waals surface area contributed by atoms with Gasteiger partial charge in [0.2, 0.25) is 0 Å². The van der Waals surface area contributed by atoms with Crippen molar-refractivity contribution in [1.29, 1.82) is 0 Å². The van der Waals surface area contributed by atoms with E-state index in [9.17, 15) is 0 Å². The minimum atomic E-state index is 0.325. The van der Waals surface area contributed by atoms with Crippen LogP contribution in [0.5, 0.6) is 0 Å². The highest BCUT2D eigenvalue weighted by atomic mass is 16.5. The average Bonchev–Trinajstić information content (AvgIpc) is 2.22. The standard InChI is InChI=1S/C12H28N2O/c1-5-14(9-10-15-6-2)8-7-12(13)11(3)4/h11-12H,5-10,13H2,1-4H3. The van der Waals surface area contributed by atoms with Gasteiger partial charge in [-0.2, -0.15) is 0 Å². The molecule has 0 amide bonds. The van der Waals surface area contributed by atoms with Crippen molar-refractivity contribution >= 4 is 0 Å². The van der Waals surface area contributed by atoms with E-state index < -0.39 is 0 Å². The van der Waals surface area contributed by atoms with Gasteiger partial charge in [-0.05, 0) is 32.4 Å². The summed E-state index contributed by atoms with van der Waals surface area (Å²) in [5, 5.41) is 0. The van der Waals surface area contributed by atoms with Crippen LogP contribution in [-0.2, 0) is 4.74 Å². The van der Waals surface area contributed by atoms with Gasteiger partial charge in [-0.3, -0.25) is 0 Å². The number of ether oxygens (including phenoxy) is 1. The summed E-state index contributed by atoms with van der Waals surface area (Å²) in [7, 11) is 0. The van der Waals surface area contributed by atoms with E-state index in [4.69, 9.17) is 10.5 Å². The predicted molar refractivity (Wildman–Crippen MR) is 66.0 cm³/mol. The zero-order valence-corrected chi connectivity index (χ0v) is 10.8. The molecular weight excluding hydrogens is 188 g/mol. The summed E-state index contributed by atoms with van der Waals surface area (Å²) in [6, 6.07) is 0.325. The molecule has 0 aliphatic carbocycles. The van der Waals surface area contributed by atoms with Crippen LogP contribution in [-0.4, -0.2) is 43.8 Å². The lowest BCUT2D eigenvalue weighted by molar-refractivity contribution is 0.113. The van der Waals surface area contributed by atoms with Crippen LogP contribution in [0.1, 0.15) is 34.1 Å². The summed E-state index contributed by atoms with van der Waals surface area (Å²) >= 11 is 0. The van der Waals surface area contributed by atoms with Gasteiger partial charge in [0, 0.05) is 19.2 Å². The number of hydrogen-bond donors (Lipinski definition) is 1. The third-order valence-electron chi connectivity index (χ3n) is 2.84. The molecule has 0 spiro atoms. The molecule has 0 aromatic heterocycles. The van der Waals surface area contributed by atoms with Crippen LogP contribution in [0.15, 0.2) is 0 Å². The topological polar surface area (TPSA) is 38.5 Å².